The van der Waals surface area contributed by atoms with E-state index in [1.54, 1.807) is 14.0 Å². The van der Waals surface area contributed by atoms with Gasteiger partial charge in [-0.2, -0.15) is 0 Å². The highest BCUT2D eigenvalue weighted by atomic mass is 16.6. The molecule has 2 atom stereocenters. The predicted molar refractivity (Wildman–Crippen MR) is 93.2 cm³/mol. The largest absolute Gasteiger partial charge is 0.496 e. The zero-order valence-corrected chi connectivity index (χ0v) is 15.2. The van der Waals surface area contributed by atoms with Gasteiger partial charge in [-0.1, -0.05) is 12.1 Å². The first-order valence-electron chi connectivity index (χ1n) is 8.29. The fourth-order valence-electron chi connectivity index (χ4n) is 3.17. The lowest BCUT2D eigenvalue weighted by Crippen LogP contribution is -2.50. The van der Waals surface area contributed by atoms with E-state index in [2.05, 4.69) is 4.98 Å². The van der Waals surface area contributed by atoms with Crippen molar-refractivity contribution in [2.24, 2.45) is 0 Å². The lowest BCUT2D eigenvalue weighted by atomic mass is 9.95. The quantitative estimate of drug-likeness (QED) is 0.758. The van der Waals surface area contributed by atoms with Crippen molar-refractivity contribution >= 4 is 22.8 Å². The number of fused-ring (bicyclic) bond motifs is 2. The van der Waals surface area contributed by atoms with E-state index in [0.717, 1.165) is 16.5 Å². The summed E-state index contributed by atoms with van der Waals surface area (Å²) in [5.41, 5.74) is 0.408. The molecule has 1 aromatic carbocycles. The van der Waals surface area contributed by atoms with E-state index in [1.165, 1.54) is 13.8 Å². The van der Waals surface area contributed by atoms with Gasteiger partial charge in [-0.25, -0.2) is 4.98 Å². The monoisotopic (exact) mass is 359 g/mol. The van der Waals surface area contributed by atoms with Crippen LogP contribution in [0.15, 0.2) is 24.3 Å². The molecule has 2 unspecified atom stereocenters. The summed E-state index contributed by atoms with van der Waals surface area (Å²) in [4.78, 5) is 27.4. The van der Waals surface area contributed by atoms with Crippen LogP contribution in [0.5, 0.6) is 11.6 Å². The summed E-state index contributed by atoms with van der Waals surface area (Å²) in [7, 11) is 1.60. The summed E-state index contributed by atoms with van der Waals surface area (Å²) in [6.45, 7) is 4.18. The zero-order valence-electron chi connectivity index (χ0n) is 15.2. The minimum atomic E-state index is -1.14. The van der Waals surface area contributed by atoms with E-state index in [4.69, 9.17) is 18.9 Å². The van der Waals surface area contributed by atoms with Crippen LogP contribution in [0.1, 0.15) is 26.3 Å². The molecule has 0 saturated heterocycles. The summed E-state index contributed by atoms with van der Waals surface area (Å²) in [5.74, 6) is 0.183. The van der Waals surface area contributed by atoms with E-state index in [0.29, 0.717) is 18.1 Å². The number of hydrogen-bond donors (Lipinski definition) is 0. The Bertz CT molecular complexity index is 864. The SMILES string of the molecule is COc1c2c(nc3ccccc13)OC(C(C)(COC(C)=O)OC(C)=O)C2. The molecule has 138 valence electrons. The molecule has 1 aliphatic heterocycles. The van der Waals surface area contributed by atoms with Crippen molar-refractivity contribution in [1.29, 1.82) is 0 Å². The second-order valence-corrected chi connectivity index (χ2v) is 6.44. The minimum absolute atomic E-state index is 0.109. The number of esters is 2. The smallest absolute Gasteiger partial charge is 0.303 e. The maximum atomic E-state index is 11.6. The van der Waals surface area contributed by atoms with E-state index in [1.807, 2.05) is 24.3 Å². The molecule has 7 nitrogen and oxygen atoms in total. The van der Waals surface area contributed by atoms with Crippen LogP contribution in [0, 0.1) is 0 Å². The number of hydrogen-bond acceptors (Lipinski definition) is 7. The molecule has 0 amide bonds. The molecule has 26 heavy (non-hydrogen) atoms. The normalized spacial score (nSPS) is 17.8. The van der Waals surface area contributed by atoms with Crippen LogP contribution >= 0.6 is 0 Å². The first kappa shape index (κ1) is 18.0. The summed E-state index contributed by atoms with van der Waals surface area (Å²) < 4.78 is 22.2. The average molecular weight is 359 g/mol. The van der Waals surface area contributed by atoms with Crippen molar-refractivity contribution in [2.45, 2.75) is 38.9 Å². The number of nitrogens with zero attached hydrogens (tertiary/aromatic N) is 1. The van der Waals surface area contributed by atoms with Gasteiger partial charge in [-0.3, -0.25) is 9.59 Å². The van der Waals surface area contributed by atoms with E-state index < -0.39 is 23.6 Å². The molecule has 0 bridgehead atoms. The van der Waals surface area contributed by atoms with E-state index in [-0.39, 0.29) is 6.61 Å². The van der Waals surface area contributed by atoms with Gasteiger partial charge >= 0.3 is 11.9 Å². The number of carbonyl (C=O) groups is 2. The van der Waals surface area contributed by atoms with Gasteiger partial charge in [0.05, 0.1) is 18.2 Å². The van der Waals surface area contributed by atoms with Crippen LogP contribution in [0.4, 0.5) is 0 Å². The number of carbonyl (C=O) groups excluding carboxylic acids is 2. The van der Waals surface area contributed by atoms with Gasteiger partial charge in [0, 0.05) is 25.7 Å². The standard InChI is InChI=1S/C19H21NO6/c1-11(21)24-10-19(3,26-12(2)22)16-9-14-17(23-4)13-7-5-6-8-15(13)20-18(14)25-16/h5-8,16H,9-10H2,1-4H3. The highest BCUT2D eigenvalue weighted by Crippen LogP contribution is 2.42. The summed E-state index contributed by atoms with van der Waals surface area (Å²) >= 11 is 0. The van der Waals surface area contributed by atoms with Gasteiger partial charge in [-0.15, -0.1) is 0 Å². The molecule has 2 aromatic rings. The number of methoxy groups -OCH3 is 1. The second kappa shape index (κ2) is 6.82. The fraction of sp³-hybridized carbons (Fsp3) is 0.421. The third-order valence-electron chi connectivity index (χ3n) is 4.37. The Balaban J connectivity index is 1.98. The lowest BCUT2D eigenvalue weighted by Gasteiger charge is -2.33. The molecule has 2 heterocycles. The van der Waals surface area contributed by atoms with Crippen molar-refractivity contribution in [1.82, 2.24) is 4.98 Å². The van der Waals surface area contributed by atoms with Gasteiger partial charge in [-0.05, 0) is 19.1 Å². The summed E-state index contributed by atoms with van der Waals surface area (Å²) in [6.07, 6.45) is -0.138. The van der Waals surface area contributed by atoms with Crippen molar-refractivity contribution in [2.75, 3.05) is 13.7 Å². The van der Waals surface area contributed by atoms with Crippen LogP contribution in [0.3, 0.4) is 0 Å². The summed E-state index contributed by atoms with van der Waals surface area (Å²) in [6, 6.07) is 7.60. The van der Waals surface area contributed by atoms with Crippen LogP contribution in [-0.2, 0) is 25.5 Å². The Hall–Kier alpha value is -2.83. The number of aromatic nitrogens is 1. The van der Waals surface area contributed by atoms with Crippen LogP contribution in [0.25, 0.3) is 10.9 Å². The molecule has 7 heteroatoms. The Morgan fingerprint density at radius 3 is 2.65 bits per heavy atom. The molecular formula is C19H21NO6. The topological polar surface area (TPSA) is 83.9 Å². The number of benzene rings is 1. The van der Waals surface area contributed by atoms with Crippen molar-refractivity contribution in [3.63, 3.8) is 0 Å². The average Bonchev–Trinajstić information content (AvgIpc) is 3.01. The minimum Gasteiger partial charge on any atom is -0.496 e. The second-order valence-electron chi connectivity index (χ2n) is 6.44. The Morgan fingerprint density at radius 2 is 2.00 bits per heavy atom. The molecule has 0 aliphatic carbocycles. The highest BCUT2D eigenvalue weighted by molar-refractivity contribution is 5.87. The van der Waals surface area contributed by atoms with Gasteiger partial charge < -0.3 is 18.9 Å². The number of pyridine rings is 1. The van der Waals surface area contributed by atoms with Crippen molar-refractivity contribution in [3.05, 3.63) is 29.8 Å². The summed E-state index contributed by atoms with van der Waals surface area (Å²) in [5, 5.41) is 0.882. The van der Waals surface area contributed by atoms with Gasteiger partial charge in [0.25, 0.3) is 0 Å². The number of para-hydroxylation sites is 1. The lowest BCUT2D eigenvalue weighted by molar-refractivity contribution is -0.179. The maximum absolute atomic E-state index is 11.6. The van der Waals surface area contributed by atoms with Crippen LogP contribution in [0.2, 0.25) is 0 Å². The third kappa shape index (κ3) is 3.29. The fourth-order valence-corrected chi connectivity index (χ4v) is 3.17. The number of ether oxygens (including phenoxy) is 4. The van der Waals surface area contributed by atoms with E-state index in [9.17, 15) is 9.59 Å². The molecule has 0 N–H and O–H groups in total. The third-order valence-corrected chi connectivity index (χ3v) is 4.37. The van der Waals surface area contributed by atoms with Gasteiger partial charge in [0.1, 0.15) is 18.5 Å². The van der Waals surface area contributed by atoms with Crippen LogP contribution < -0.4 is 9.47 Å². The Kier molecular flexibility index (Phi) is 4.71. The zero-order chi connectivity index (χ0) is 18.9. The maximum Gasteiger partial charge on any atom is 0.303 e. The molecule has 1 aliphatic rings. The Labute approximate surface area is 151 Å². The molecule has 1 aromatic heterocycles. The molecule has 0 fully saturated rings. The van der Waals surface area contributed by atoms with Gasteiger partial charge in [0.2, 0.25) is 5.88 Å². The first-order valence-corrected chi connectivity index (χ1v) is 8.29. The Morgan fingerprint density at radius 1 is 1.27 bits per heavy atom. The first-order chi connectivity index (χ1) is 12.3. The molecule has 0 radical (unpaired) electrons. The van der Waals surface area contributed by atoms with Crippen molar-refractivity contribution in [3.8, 4) is 11.6 Å². The highest BCUT2D eigenvalue weighted by Gasteiger charge is 2.46. The molecular weight excluding hydrogens is 338 g/mol. The van der Waals surface area contributed by atoms with Crippen LogP contribution in [-0.4, -0.2) is 42.3 Å². The van der Waals surface area contributed by atoms with E-state index >= 15 is 0 Å². The van der Waals surface area contributed by atoms with Crippen molar-refractivity contribution < 1.29 is 28.5 Å². The molecule has 0 spiro atoms. The van der Waals surface area contributed by atoms with Gasteiger partial charge in [0.15, 0.2) is 5.60 Å². The molecule has 0 saturated carbocycles. The molecule has 3 rings (SSSR count). The predicted octanol–water partition coefficient (Wildman–Crippen LogP) is 2.43. The number of rotatable bonds is 5.